The van der Waals surface area contributed by atoms with E-state index in [0.717, 1.165) is 21.0 Å². The third-order valence-corrected chi connectivity index (χ3v) is 7.81. The minimum atomic E-state index is -4.03. The minimum Gasteiger partial charge on any atom is -0.324 e. The third-order valence-electron chi connectivity index (χ3n) is 5.91. The summed E-state index contributed by atoms with van der Waals surface area (Å²) in [5.41, 5.74) is -0.615. The van der Waals surface area contributed by atoms with Gasteiger partial charge in [0.15, 0.2) is 11.6 Å². The van der Waals surface area contributed by atoms with Gasteiger partial charge in [-0.15, -0.1) is 0 Å². The van der Waals surface area contributed by atoms with Crippen molar-refractivity contribution in [3.63, 3.8) is 0 Å². The van der Waals surface area contributed by atoms with Gasteiger partial charge in [0.25, 0.3) is 5.56 Å². The Labute approximate surface area is 192 Å². The zero-order chi connectivity index (χ0) is 24.8. The predicted molar refractivity (Wildman–Crippen MR) is 119 cm³/mol. The molecule has 4 rings (SSSR count). The van der Waals surface area contributed by atoms with E-state index < -0.39 is 38.8 Å². The van der Waals surface area contributed by atoms with Crippen LogP contribution < -0.4 is 16.6 Å². The molecular weight excluding hydrogens is 472 g/mol. The fraction of sp³-hybridized carbons (Fsp3) is 0.333. The van der Waals surface area contributed by atoms with Crippen LogP contribution in [0.2, 0.25) is 0 Å². The second-order valence-electron chi connectivity index (χ2n) is 8.04. The van der Waals surface area contributed by atoms with Crippen LogP contribution in [0.5, 0.6) is 0 Å². The number of hydrogen-bond acceptors (Lipinski definition) is 6. The molecule has 10 nitrogen and oxygen atoms in total. The summed E-state index contributed by atoms with van der Waals surface area (Å²) in [6.45, 7) is 0.0517. The summed E-state index contributed by atoms with van der Waals surface area (Å²) >= 11 is 0. The molecule has 0 spiro atoms. The van der Waals surface area contributed by atoms with Crippen LogP contribution in [0.25, 0.3) is 11.0 Å². The van der Waals surface area contributed by atoms with Crippen molar-refractivity contribution in [1.29, 1.82) is 0 Å². The molecule has 0 atom stereocenters. The molecular formula is C21H21F2N5O5S. The van der Waals surface area contributed by atoms with Crippen molar-refractivity contribution in [3.05, 3.63) is 62.9 Å². The molecule has 180 valence electrons. The van der Waals surface area contributed by atoms with E-state index in [1.807, 2.05) is 0 Å². The van der Waals surface area contributed by atoms with Gasteiger partial charge >= 0.3 is 5.69 Å². The fourth-order valence-corrected chi connectivity index (χ4v) is 5.40. The monoisotopic (exact) mass is 493 g/mol. The predicted octanol–water partition coefficient (Wildman–Crippen LogP) is 0.950. The van der Waals surface area contributed by atoms with Crippen molar-refractivity contribution in [1.82, 2.24) is 18.4 Å². The van der Waals surface area contributed by atoms with Crippen LogP contribution in [0.1, 0.15) is 12.8 Å². The maximum atomic E-state index is 13.5. The normalized spacial score (nSPS) is 15.5. The van der Waals surface area contributed by atoms with Gasteiger partial charge < -0.3 is 5.32 Å². The molecule has 34 heavy (non-hydrogen) atoms. The number of hydrogen-bond donors (Lipinski definition) is 1. The first-order valence-corrected chi connectivity index (χ1v) is 11.8. The molecule has 0 aliphatic carbocycles. The molecule has 0 unspecified atom stereocenters. The van der Waals surface area contributed by atoms with Crippen LogP contribution >= 0.6 is 0 Å². The first-order chi connectivity index (χ1) is 16.0. The molecule has 1 fully saturated rings. The highest BCUT2D eigenvalue weighted by molar-refractivity contribution is 7.89. The number of nitrogens with zero attached hydrogens (tertiary/aromatic N) is 4. The molecule has 1 aliphatic heterocycles. The number of nitrogens with one attached hydrogen (secondary N) is 1. The molecule has 1 aliphatic rings. The van der Waals surface area contributed by atoms with Crippen molar-refractivity contribution < 1.29 is 22.0 Å². The SMILES string of the molecule is Cn1c(=O)c2cc(NC(=O)C3CCN(S(=O)(=O)c4ccc(F)c(F)c4)CC3)cnc2n(C)c1=O. The van der Waals surface area contributed by atoms with E-state index in [1.165, 1.54) is 30.9 Å². The van der Waals surface area contributed by atoms with E-state index >= 15 is 0 Å². The molecule has 3 aromatic rings. The van der Waals surface area contributed by atoms with E-state index in [1.54, 1.807) is 0 Å². The Morgan fingerprint density at radius 2 is 1.74 bits per heavy atom. The van der Waals surface area contributed by atoms with E-state index in [-0.39, 0.29) is 53.5 Å². The Kier molecular flexibility index (Phi) is 6.08. The van der Waals surface area contributed by atoms with E-state index in [2.05, 4.69) is 10.3 Å². The summed E-state index contributed by atoms with van der Waals surface area (Å²) in [6, 6.07) is 3.82. The van der Waals surface area contributed by atoms with Gasteiger partial charge in [0.05, 0.1) is 22.2 Å². The summed E-state index contributed by atoms with van der Waals surface area (Å²) in [5, 5.41) is 2.85. The van der Waals surface area contributed by atoms with Crippen molar-refractivity contribution in [2.75, 3.05) is 18.4 Å². The molecule has 1 N–H and O–H groups in total. The smallest absolute Gasteiger partial charge is 0.324 e. The Bertz CT molecular complexity index is 1530. The van der Waals surface area contributed by atoms with E-state index in [0.29, 0.717) is 6.07 Å². The highest BCUT2D eigenvalue weighted by atomic mass is 32.2. The van der Waals surface area contributed by atoms with Gasteiger partial charge in [-0.2, -0.15) is 4.31 Å². The minimum absolute atomic E-state index is 0.0258. The Balaban J connectivity index is 1.47. The Morgan fingerprint density at radius 3 is 2.38 bits per heavy atom. The molecule has 3 heterocycles. The first kappa shape index (κ1) is 23.7. The van der Waals surface area contributed by atoms with Crippen LogP contribution in [0.3, 0.4) is 0 Å². The lowest BCUT2D eigenvalue weighted by Crippen LogP contribution is -2.41. The van der Waals surface area contributed by atoms with Crippen molar-refractivity contribution >= 4 is 32.7 Å². The van der Waals surface area contributed by atoms with Gasteiger partial charge in [-0.25, -0.2) is 27.0 Å². The number of aromatic nitrogens is 3. The van der Waals surface area contributed by atoms with Crippen molar-refractivity contribution in [3.8, 4) is 0 Å². The molecule has 1 aromatic carbocycles. The van der Waals surface area contributed by atoms with Crippen molar-refractivity contribution in [2.45, 2.75) is 17.7 Å². The number of sulfonamides is 1. The number of aryl methyl sites for hydroxylation is 1. The molecule has 1 amide bonds. The summed E-state index contributed by atoms with van der Waals surface area (Å²) in [6.07, 6.45) is 1.76. The highest BCUT2D eigenvalue weighted by Gasteiger charge is 2.32. The number of benzene rings is 1. The molecule has 2 aromatic heterocycles. The second-order valence-corrected chi connectivity index (χ2v) is 9.98. The first-order valence-electron chi connectivity index (χ1n) is 10.3. The van der Waals surface area contributed by atoms with Gasteiger partial charge in [0.1, 0.15) is 5.65 Å². The largest absolute Gasteiger partial charge is 0.332 e. The summed E-state index contributed by atoms with van der Waals surface area (Å²) in [5.74, 6) is -3.27. The number of pyridine rings is 1. The van der Waals surface area contributed by atoms with Gasteiger partial charge in [-0.3, -0.25) is 18.7 Å². The number of halogens is 2. The molecule has 0 radical (unpaired) electrons. The van der Waals surface area contributed by atoms with Gasteiger partial charge in [0, 0.05) is 33.1 Å². The fourth-order valence-electron chi connectivity index (χ4n) is 3.92. The quantitative estimate of drug-likeness (QED) is 0.577. The number of carbonyl (C=O) groups is 1. The number of anilines is 1. The lowest BCUT2D eigenvalue weighted by molar-refractivity contribution is -0.120. The summed E-state index contributed by atoms with van der Waals surface area (Å²) in [7, 11) is -1.20. The average molecular weight is 493 g/mol. The number of rotatable bonds is 4. The number of piperidine rings is 1. The van der Waals surface area contributed by atoms with Gasteiger partial charge in [0.2, 0.25) is 15.9 Å². The van der Waals surface area contributed by atoms with E-state index in [9.17, 15) is 31.6 Å². The average Bonchev–Trinajstić information content (AvgIpc) is 2.83. The van der Waals surface area contributed by atoms with E-state index in [4.69, 9.17) is 0 Å². The molecule has 0 saturated carbocycles. The van der Waals surface area contributed by atoms with Crippen LogP contribution in [0, 0.1) is 17.6 Å². The lowest BCUT2D eigenvalue weighted by Gasteiger charge is -2.30. The lowest BCUT2D eigenvalue weighted by atomic mass is 9.97. The number of fused-ring (bicyclic) bond motifs is 1. The maximum absolute atomic E-state index is 13.5. The Hall–Kier alpha value is -3.45. The van der Waals surface area contributed by atoms with Crippen LogP contribution in [0.15, 0.2) is 44.9 Å². The summed E-state index contributed by atoms with van der Waals surface area (Å²) in [4.78, 5) is 41.0. The zero-order valence-corrected chi connectivity index (χ0v) is 19.1. The van der Waals surface area contributed by atoms with Gasteiger partial charge in [-0.1, -0.05) is 0 Å². The topological polar surface area (TPSA) is 123 Å². The maximum Gasteiger partial charge on any atom is 0.332 e. The Morgan fingerprint density at radius 1 is 1.06 bits per heavy atom. The molecule has 0 bridgehead atoms. The number of amides is 1. The standard InChI is InChI=1S/C21H21F2N5O5S/c1-26-18-15(20(30)27(2)21(26)31)9-13(11-24-18)25-19(29)12-5-7-28(8-6-12)34(32,33)14-3-4-16(22)17(23)10-14/h3-4,9-12H,5-8H2,1-2H3,(H,25,29). The number of carbonyl (C=O) groups excluding carboxylic acids is 1. The van der Waals surface area contributed by atoms with Crippen LogP contribution in [-0.4, -0.2) is 45.8 Å². The zero-order valence-electron chi connectivity index (χ0n) is 18.3. The highest BCUT2D eigenvalue weighted by Crippen LogP contribution is 2.26. The van der Waals surface area contributed by atoms with Gasteiger partial charge in [-0.05, 0) is 37.1 Å². The summed E-state index contributed by atoms with van der Waals surface area (Å²) < 4.78 is 55.4. The van der Waals surface area contributed by atoms with Crippen LogP contribution in [-0.2, 0) is 28.9 Å². The van der Waals surface area contributed by atoms with Crippen LogP contribution in [0.4, 0.5) is 14.5 Å². The van der Waals surface area contributed by atoms with Crippen molar-refractivity contribution in [2.24, 2.45) is 20.0 Å². The third kappa shape index (κ3) is 4.12. The second kappa shape index (κ2) is 8.72. The molecule has 13 heteroatoms. The molecule has 1 saturated heterocycles.